The number of carbonyl (C=O) groups is 1. The average molecular weight is 267 g/mol. The first-order valence-corrected chi connectivity index (χ1v) is 7.51. The minimum atomic E-state index is 0.178. The third-order valence-electron chi connectivity index (χ3n) is 4.32. The second-order valence-corrected chi connectivity index (χ2v) is 5.58. The summed E-state index contributed by atoms with van der Waals surface area (Å²) in [5.41, 5.74) is 0.849. The molecule has 0 aromatic heterocycles. The highest BCUT2D eigenvalue weighted by Crippen LogP contribution is 2.20. The van der Waals surface area contributed by atoms with Gasteiger partial charge < -0.3 is 15.0 Å². The molecule has 108 valence electrons. The molecule has 0 saturated carbocycles. The van der Waals surface area contributed by atoms with Gasteiger partial charge in [-0.1, -0.05) is 24.9 Å². The van der Waals surface area contributed by atoms with Gasteiger partial charge in [-0.3, -0.25) is 0 Å². The Labute approximate surface area is 115 Å². The van der Waals surface area contributed by atoms with Crippen molar-refractivity contribution in [1.82, 2.24) is 9.80 Å². The summed E-state index contributed by atoms with van der Waals surface area (Å²) in [6.45, 7) is 5.26. The Morgan fingerprint density at radius 2 is 1.89 bits per heavy atom. The number of nitrogens with zero attached hydrogens (tertiary/aromatic N) is 3. The Morgan fingerprint density at radius 3 is 2.47 bits per heavy atom. The van der Waals surface area contributed by atoms with E-state index in [4.69, 9.17) is 5.21 Å². The molecule has 2 saturated heterocycles. The third-order valence-corrected chi connectivity index (χ3v) is 4.32. The highest BCUT2D eigenvalue weighted by Gasteiger charge is 2.30. The quantitative estimate of drug-likeness (QED) is 0.586. The van der Waals surface area contributed by atoms with Crippen molar-refractivity contribution >= 4 is 11.7 Å². The molecule has 1 N–H and O–H groups in total. The molecule has 2 fully saturated rings. The third kappa shape index (κ3) is 3.39. The summed E-state index contributed by atoms with van der Waals surface area (Å²) < 4.78 is 0. The first-order valence-electron chi connectivity index (χ1n) is 7.51. The van der Waals surface area contributed by atoms with E-state index in [1.807, 2.05) is 9.80 Å². The summed E-state index contributed by atoms with van der Waals surface area (Å²) in [5, 5.41) is 12.4. The zero-order chi connectivity index (χ0) is 13.7. The Morgan fingerprint density at radius 1 is 1.21 bits per heavy atom. The summed E-state index contributed by atoms with van der Waals surface area (Å²) in [6, 6.07) is 0.178. The van der Waals surface area contributed by atoms with E-state index in [2.05, 4.69) is 12.1 Å². The minimum absolute atomic E-state index is 0.178. The van der Waals surface area contributed by atoms with Gasteiger partial charge >= 0.3 is 6.03 Å². The smallest absolute Gasteiger partial charge is 0.320 e. The van der Waals surface area contributed by atoms with E-state index >= 15 is 0 Å². The molecular formula is C14H25N3O2. The molecule has 0 bridgehead atoms. The molecule has 2 rings (SSSR count). The van der Waals surface area contributed by atoms with Crippen LogP contribution in [0.5, 0.6) is 0 Å². The van der Waals surface area contributed by atoms with E-state index in [1.165, 1.54) is 12.8 Å². The molecule has 5 heteroatoms. The van der Waals surface area contributed by atoms with Gasteiger partial charge in [0.25, 0.3) is 0 Å². The minimum Gasteiger partial charge on any atom is -0.411 e. The first kappa shape index (κ1) is 14.2. The molecule has 0 spiro atoms. The highest BCUT2D eigenvalue weighted by molar-refractivity contribution is 5.89. The van der Waals surface area contributed by atoms with Crippen molar-refractivity contribution in [2.45, 2.75) is 45.4 Å². The second kappa shape index (κ2) is 6.78. The van der Waals surface area contributed by atoms with E-state index in [0.717, 1.165) is 38.1 Å². The van der Waals surface area contributed by atoms with Crippen LogP contribution in [0.1, 0.15) is 45.4 Å². The number of hydrogen-bond acceptors (Lipinski definition) is 3. The summed E-state index contributed by atoms with van der Waals surface area (Å²) in [6.07, 6.45) is 6.35. The van der Waals surface area contributed by atoms with Crippen LogP contribution in [0.3, 0.4) is 0 Å². The Kier molecular flexibility index (Phi) is 5.05. The van der Waals surface area contributed by atoms with E-state index in [-0.39, 0.29) is 11.9 Å². The van der Waals surface area contributed by atoms with Crippen LogP contribution in [0.2, 0.25) is 0 Å². The number of rotatable bonds is 1. The van der Waals surface area contributed by atoms with Gasteiger partial charge in [-0.25, -0.2) is 4.79 Å². The molecule has 0 aromatic rings. The second-order valence-electron chi connectivity index (χ2n) is 5.58. The number of likely N-dealkylation sites (tertiary alicyclic amines) is 2. The fourth-order valence-corrected chi connectivity index (χ4v) is 3.05. The molecular weight excluding hydrogens is 242 g/mol. The summed E-state index contributed by atoms with van der Waals surface area (Å²) in [5.74, 6) is 0.217. The number of carbonyl (C=O) groups excluding carboxylic acids is 1. The van der Waals surface area contributed by atoms with Crippen molar-refractivity contribution in [3.63, 3.8) is 0 Å². The van der Waals surface area contributed by atoms with Gasteiger partial charge in [0.2, 0.25) is 0 Å². The zero-order valence-electron chi connectivity index (χ0n) is 11.8. The van der Waals surface area contributed by atoms with Crippen molar-refractivity contribution in [3.8, 4) is 0 Å². The van der Waals surface area contributed by atoms with Crippen LogP contribution in [-0.4, -0.2) is 52.9 Å². The van der Waals surface area contributed by atoms with Gasteiger partial charge in [-0.2, -0.15) is 0 Å². The van der Waals surface area contributed by atoms with Gasteiger partial charge in [-0.05, 0) is 19.3 Å². The molecule has 1 atom stereocenters. The fraction of sp³-hybridized carbons (Fsp3) is 0.857. The number of hydrogen-bond donors (Lipinski definition) is 1. The largest absolute Gasteiger partial charge is 0.411 e. The normalized spacial score (nSPS) is 27.4. The van der Waals surface area contributed by atoms with Gasteiger partial charge in [0.1, 0.15) is 0 Å². The number of piperidine rings is 1. The van der Waals surface area contributed by atoms with E-state index in [9.17, 15) is 4.79 Å². The van der Waals surface area contributed by atoms with Crippen LogP contribution in [0.4, 0.5) is 4.79 Å². The van der Waals surface area contributed by atoms with Crippen molar-refractivity contribution in [2.24, 2.45) is 11.1 Å². The number of amides is 2. The zero-order valence-corrected chi connectivity index (χ0v) is 11.8. The molecule has 2 aliphatic rings. The molecule has 1 unspecified atom stereocenters. The van der Waals surface area contributed by atoms with Crippen LogP contribution >= 0.6 is 0 Å². The van der Waals surface area contributed by atoms with E-state index in [0.29, 0.717) is 19.5 Å². The topological polar surface area (TPSA) is 56.1 Å². The highest BCUT2D eigenvalue weighted by atomic mass is 16.4. The van der Waals surface area contributed by atoms with Crippen molar-refractivity contribution in [3.05, 3.63) is 0 Å². The lowest BCUT2D eigenvalue weighted by atomic mass is 9.93. The van der Waals surface area contributed by atoms with Gasteiger partial charge in [0.15, 0.2) is 0 Å². The summed E-state index contributed by atoms with van der Waals surface area (Å²) >= 11 is 0. The molecule has 2 heterocycles. The lowest BCUT2D eigenvalue weighted by molar-refractivity contribution is 0.146. The standard InChI is InChI=1S/C14H25N3O2/c1-2-12-11-17(10-7-13(12)15-19)14(18)16-8-5-3-4-6-9-16/h12,19H,2-11H2,1H3. The molecule has 0 radical (unpaired) electrons. The van der Waals surface area contributed by atoms with Gasteiger partial charge in [0, 0.05) is 38.5 Å². The van der Waals surface area contributed by atoms with Gasteiger partial charge in [0.05, 0.1) is 5.71 Å². The predicted octanol–water partition coefficient (Wildman–Crippen LogP) is 2.54. The first-order chi connectivity index (χ1) is 9.26. The number of oxime groups is 1. The molecule has 0 aromatic carbocycles. The Balaban J connectivity index is 1.95. The maximum Gasteiger partial charge on any atom is 0.320 e. The van der Waals surface area contributed by atoms with Crippen LogP contribution in [0.25, 0.3) is 0 Å². The average Bonchev–Trinajstić information content (AvgIpc) is 2.74. The molecule has 2 amide bonds. The van der Waals surface area contributed by atoms with Crippen molar-refractivity contribution < 1.29 is 10.0 Å². The van der Waals surface area contributed by atoms with Crippen LogP contribution in [-0.2, 0) is 0 Å². The van der Waals surface area contributed by atoms with Gasteiger partial charge in [-0.15, -0.1) is 0 Å². The molecule has 0 aliphatic carbocycles. The summed E-state index contributed by atoms with van der Waals surface area (Å²) in [7, 11) is 0. The molecule has 2 aliphatic heterocycles. The predicted molar refractivity (Wildman–Crippen MR) is 74.6 cm³/mol. The summed E-state index contributed by atoms with van der Waals surface area (Å²) in [4.78, 5) is 16.5. The van der Waals surface area contributed by atoms with Crippen molar-refractivity contribution in [2.75, 3.05) is 26.2 Å². The molecule has 5 nitrogen and oxygen atoms in total. The van der Waals surface area contributed by atoms with E-state index < -0.39 is 0 Å². The maximum absolute atomic E-state index is 12.5. The monoisotopic (exact) mass is 267 g/mol. The van der Waals surface area contributed by atoms with Crippen LogP contribution < -0.4 is 0 Å². The van der Waals surface area contributed by atoms with Crippen LogP contribution in [0, 0.1) is 5.92 Å². The SMILES string of the molecule is CCC1CN(C(=O)N2CCCCCC2)CCC1=NO. The lowest BCUT2D eigenvalue weighted by Gasteiger charge is -2.36. The van der Waals surface area contributed by atoms with Crippen molar-refractivity contribution in [1.29, 1.82) is 0 Å². The molecule has 19 heavy (non-hydrogen) atoms. The fourth-order valence-electron chi connectivity index (χ4n) is 3.05. The van der Waals surface area contributed by atoms with E-state index in [1.54, 1.807) is 0 Å². The maximum atomic E-state index is 12.5. The Bertz CT molecular complexity index is 336. The Hall–Kier alpha value is -1.26. The number of urea groups is 1. The lowest BCUT2D eigenvalue weighted by Crippen LogP contribution is -2.50. The van der Waals surface area contributed by atoms with Crippen LogP contribution in [0.15, 0.2) is 5.16 Å².